The minimum atomic E-state index is -0.462. The van der Waals surface area contributed by atoms with Crippen LogP contribution in [0.15, 0.2) is 23.1 Å². The van der Waals surface area contributed by atoms with Gasteiger partial charge in [-0.3, -0.25) is 14.9 Å². The maximum Gasteiger partial charge on any atom is 0.284 e. The van der Waals surface area contributed by atoms with Gasteiger partial charge in [-0.2, -0.15) is 0 Å². The molecule has 1 aliphatic heterocycles. The number of halogens is 1. The monoisotopic (exact) mass is 326 g/mol. The lowest BCUT2D eigenvalue weighted by atomic mass is 10.1. The zero-order valence-corrected chi connectivity index (χ0v) is 12.9. The number of benzene rings is 1. The molecule has 7 heteroatoms. The van der Waals surface area contributed by atoms with Crippen molar-refractivity contribution in [2.45, 2.75) is 30.2 Å². The van der Waals surface area contributed by atoms with E-state index in [2.05, 4.69) is 0 Å². The molecule has 1 heterocycles. The van der Waals surface area contributed by atoms with E-state index in [9.17, 15) is 14.9 Å². The molecule has 3 rings (SSSR count). The van der Waals surface area contributed by atoms with Crippen LogP contribution in [0.25, 0.3) is 0 Å². The maximum absolute atomic E-state index is 12.3. The summed E-state index contributed by atoms with van der Waals surface area (Å²) in [5.41, 5.74) is -0.0387. The largest absolute Gasteiger partial charge is 0.339 e. The van der Waals surface area contributed by atoms with Crippen LogP contribution in [0.2, 0.25) is 5.02 Å². The number of nitrogens with zero attached hydrogens (tertiary/aromatic N) is 2. The lowest BCUT2D eigenvalue weighted by Gasteiger charge is -2.26. The fraction of sp³-hybridized carbons (Fsp3) is 0.500. The molecule has 2 atom stereocenters. The summed E-state index contributed by atoms with van der Waals surface area (Å²) in [6, 6.07) is 4.93. The van der Waals surface area contributed by atoms with Gasteiger partial charge in [0.05, 0.1) is 15.6 Å². The first-order valence-electron chi connectivity index (χ1n) is 6.91. The van der Waals surface area contributed by atoms with Crippen molar-refractivity contribution in [3.05, 3.63) is 33.3 Å². The van der Waals surface area contributed by atoms with Gasteiger partial charge in [0.1, 0.15) is 0 Å². The van der Waals surface area contributed by atoms with Gasteiger partial charge in [0.15, 0.2) is 0 Å². The Morgan fingerprint density at radius 3 is 2.90 bits per heavy atom. The van der Waals surface area contributed by atoms with Crippen LogP contribution in [0, 0.1) is 16.0 Å². The molecule has 5 nitrogen and oxygen atoms in total. The number of nitro groups is 1. The number of nitro benzene ring substituents is 1. The Labute approximate surface area is 131 Å². The van der Waals surface area contributed by atoms with E-state index in [1.165, 1.54) is 24.2 Å². The van der Waals surface area contributed by atoms with Crippen molar-refractivity contribution >= 4 is 35.0 Å². The number of carbonyl (C=O) groups excluding carboxylic acids is 1. The summed E-state index contributed by atoms with van der Waals surface area (Å²) >= 11 is 7.00. The Balaban J connectivity index is 1.65. The molecule has 1 saturated heterocycles. The lowest BCUT2D eigenvalue weighted by molar-refractivity contribution is -0.387. The number of rotatable bonds is 4. The van der Waals surface area contributed by atoms with Crippen LogP contribution in [0.5, 0.6) is 0 Å². The van der Waals surface area contributed by atoms with Crippen LogP contribution in [0.4, 0.5) is 5.69 Å². The van der Waals surface area contributed by atoms with Crippen molar-refractivity contribution in [2.75, 3.05) is 12.3 Å². The normalized spacial score (nSPS) is 23.6. The minimum Gasteiger partial charge on any atom is -0.339 e. The van der Waals surface area contributed by atoms with Gasteiger partial charge in [-0.25, -0.2) is 0 Å². The minimum absolute atomic E-state index is 0.0387. The standard InChI is InChI=1S/C14H15ClN2O3S/c15-10-2-4-13(12(6-10)17(19)20)21-8-14(18)16-7-9-1-3-11(16)5-9/h2,4,6,9,11H,1,3,5,7-8H2. The number of likely N-dealkylation sites (tertiary alicyclic amines) is 1. The van der Waals surface area contributed by atoms with Crippen molar-refractivity contribution in [3.63, 3.8) is 0 Å². The number of thioether (sulfide) groups is 1. The topological polar surface area (TPSA) is 63.4 Å². The van der Waals surface area contributed by atoms with Crippen molar-refractivity contribution in [3.8, 4) is 0 Å². The van der Waals surface area contributed by atoms with E-state index in [0.29, 0.717) is 21.9 Å². The van der Waals surface area contributed by atoms with E-state index >= 15 is 0 Å². The molecule has 1 aliphatic carbocycles. The fourth-order valence-corrected chi connectivity index (χ4v) is 4.26. The van der Waals surface area contributed by atoms with Gasteiger partial charge in [0, 0.05) is 23.7 Å². The predicted octanol–water partition coefficient (Wildman–Crippen LogP) is 3.35. The van der Waals surface area contributed by atoms with E-state index in [4.69, 9.17) is 11.6 Å². The summed E-state index contributed by atoms with van der Waals surface area (Å²) in [7, 11) is 0. The number of carbonyl (C=O) groups is 1. The molecule has 1 aromatic carbocycles. The lowest BCUT2D eigenvalue weighted by Crippen LogP contribution is -2.38. The van der Waals surface area contributed by atoms with Crippen molar-refractivity contribution in [1.82, 2.24) is 4.90 Å². The summed E-state index contributed by atoms with van der Waals surface area (Å²) in [4.78, 5) is 25.3. The molecule has 1 saturated carbocycles. The summed E-state index contributed by atoms with van der Waals surface area (Å²) in [6.45, 7) is 0.854. The second kappa shape index (κ2) is 5.85. The van der Waals surface area contributed by atoms with E-state index in [0.717, 1.165) is 19.4 Å². The molecule has 0 spiro atoms. The van der Waals surface area contributed by atoms with Gasteiger partial charge in [0.25, 0.3) is 5.69 Å². The molecule has 2 fully saturated rings. The summed E-state index contributed by atoms with van der Waals surface area (Å²) in [5.74, 6) is 0.983. The third-order valence-corrected chi connectivity index (χ3v) is 5.48. The van der Waals surface area contributed by atoms with Gasteiger partial charge < -0.3 is 4.90 Å². The summed E-state index contributed by atoms with van der Waals surface area (Å²) in [6.07, 6.45) is 3.45. The zero-order chi connectivity index (χ0) is 15.0. The van der Waals surface area contributed by atoms with E-state index in [1.54, 1.807) is 12.1 Å². The highest BCUT2D eigenvalue weighted by Gasteiger charge is 2.39. The van der Waals surface area contributed by atoms with E-state index < -0.39 is 4.92 Å². The SMILES string of the molecule is O=C(CSc1ccc(Cl)cc1[N+](=O)[O-])N1CC2CCC1C2. The molecule has 21 heavy (non-hydrogen) atoms. The summed E-state index contributed by atoms with van der Waals surface area (Å²) in [5, 5.41) is 11.3. The Kier molecular flexibility index (Phi) is 4.08. The van der Waals surface area contributed by atoms with Gasteiger partial charge >= 0.3 is 0 Å². The first-order valence-corrected chi connectivity index (χ1v) is 8.27. The molecule has 1 amide bonds. The first-order chi connectivity index (χ1) is 10.0. The molecule has 112 valence electrons. The van der Waals surface area contributed by atoms with Gasteiger partial charge in [-0.1, -0.05) is 11.6 Å². The predicted molar refractivity (Wildman–Crippen MR) is 81.7 cm³/mol. The van der Waals surface area contributed by atoms with E-state index in [-0.39, 0.29) is 17.3 Å². The van der Waals surface area contributed by atoms with Crippen molar-refractivity contribution < 1.29 is 9.72 Å². The van der Waals surface area contributed by atoms with Crippen LogP contribution in [-0.4, -0.2) is 34.1 Å². The average molecular weight is 327 g/mol. The van der Waals surface area contributed by atoms with Crippen molar-refractivity contribution in [1.29, 1.82) is 0 Å². The Hall–Kier alpha value is -1.27. The summed E-state index contributed by atoms with van der Waals surface area (Å²) < 4.78 is 0. The van der Waals surface area contributed by atoms with Crippen LogP contribution < -0.4 is 0 Å². The maximum atomic E-state index is 12.3. The zero-order valence-electron chi connectivity index (χ0n) is 11.3. The molecule has 1 aromatic rings. The number of piperidine rings is 1. The van der Waals surface area contributed by atoms with Crippen LogP contribution >= 0.6 is 23.4 Å². The molecular formula is C14H15ClN2O3S. The van der Waals surface area contributed by atoms with Crippen LogP contribution in [0.1, 0.15) is 19.3 Å². The number of hydrogen-bond acceptors (Lipinski definition) is 4. The number of hydrogen-bond donors (Lipinski definition) is 0. The third-order valence-electron chi connectivity index (χ3n) is 4.20. The third kappa shape index (κ3) is 3.01. The second-order valence-electron chi connectivity index (χ2n) is 5.54. The number of fused-ring (bicyclic) bond motifs is 2. The molecular weight excluding hydrogens is 312 g/mol. The fourth-order valence-electron chi connectivity index (χ4n) is 3.21. The quantitative estimate of drug-likeness (QED) is 0.483. The average Bonchev–Trinajstić information content (AvgIpc) is 3.08. The van der Waals surface area contributed by atoms with Gasteiger partial charge in [0.2, 0.25) is 5.91 Å². The Morgan fingerprint density at radius 2 is 2.29 bits per heavy atom. The molecule has 0 radical (unpaired) electrons. The highest BCUT2D eigenvalue weighted by Crippen LogP contribution is 2.38. The van der Waals surface area contributed by atoms with Gasteiger partial charge in [-0.05, 0) is 37.3 Å². The highest BCUT2D eigenvalue weighted by atomic mass is 35.5. The van der Waals surface area contributed by atoms with Crippen LogP contribution in [-0.2, 0) is 4.79 Å². The van der Waals surface area contributed by atoms with Gasteiger partial charge in [-0.15, -0.1) is 11.8 Å². The highest BCUT2D eigenvalue weighted by molar-refractivity contribution is 8.00. The smallest absolute Gasteiger partial charge is 0.284 e. The second-order valence-corrected chi connectivity index (χ2v) is 6.99. The van der Waals surface area contributed by atoms with Crippen molar-refractivity contribution in [2.24, 2.45) is 5.92 Å². The Morgan fingerprint density at radius 1 is 1.48 bits per heavy atom. The molecule has 0 aromatic heterocycles. The molecule has 0 N–H and O–H groups in total. The number of amides is 1. The molecule has 2 unspecified atom stereocenters. The van der Waals surface area contributed by atoms with Crippen LogP contribution in [0.3, 0.4) is 0 Å². The molecule has 2 bridgehead atoms. The Bertz CT molecular complexity index is 596. The van der Waals surface area contributed by atoms with E-state index in [1.807, 2.05) is 4.90 Å². The molecule has 2 aliphatic rings. The first kappa shape index (κ1) is 14.7.